The van der Waals surface area contributed by atoms with Crippen LogP contribution in [0.2, 0.25) is 0 Å². The highest BCUT2D eigenvalue weighted by atomic mass is 16.2. The van der Waals surface area contributed by atoms with Crippen molar-refractivity contribution in [2.45, 2.75) is 12.8 Å². The van der Waals surface area contributed by atoms with E-state index in [0.717, 1.165) is 46.7 Å². The van der Waals surface area contributed by atoms with E-state index in [9.17, 15) is 4.79 Å². The molecule has 1 aliphatic rings. The predicted molar refractivity (Wildman–Crippen MR) is 94.0 cm³/mol. The van der Waals surface area contributed by atoms with Crippen molar-refractivity contribution in [3.63, 3.8) is 0 Å². The zero-order valence-corrected chi connectivity index (χ0v) is 14.3. The minimum Gasteiger partial charge on any atom is -0.350 e. The van der Waals surface area contributed by atoms with Crippen LogP contribution >= 0.6 is 0 Å². The molecule has 0 aliphatic carbocycles. The molecule has 1 aliphatic heterocycles. The number of nitrogens with two attached hydrogens (primary N) is 1. The summed E-state index contributed by atoms with van der Waals surface area (Å²) >= 11 is 0. The molecule has 0 aromatic carbocycles. The first-order valence-electron chi connectivity index (χ1n) is 8.36. The number of imidazole rings is 1. The molecule has 9 nitrogen and oxygen atoms in total. The van der Waals surface area contributed by atoms with Gasteiger partial charge in [-0.25, -0.2) is 14.8 Å². The van der Waals surface area contributed by atoms with Gasteiger partial charge in [0.25, 0.3) is 0 Å². The van der Waals surface area contributed by atoms with E-state index in [2.05, 4.69) is 37.9 Å². The van der Waals surface area contributed by atoms with E-state index >= 15 is 0 Å². The quantitative estimate of drug-likeness (QED) is 0.729. The summed E-state index contributed by atoms with van der Waals surface area (Å²) in [5.74, 6) is 0.168. The Balaban J connectivity index is 1.71. The summed E-state index contributed by atoms with van der Waals surface area (Å²) in [5.41, 5.74) is 9.26. The average Bonchev–Trinajstić information content (AvgIpc) is 3.23. The Bertz CT molecular complexity index is 1010. The maximum Gasteiger partial charge on any atom is 0.339 e. The Morgan fingerprint density at radius 1 is 1.46 bits per heavy atom. The van der Waals surface area contributed by atoms with Crippen LogP contribution in [0.4, 0.5) is 4.79 Å². The molecular formula is C17H18N8O. The molecule has 0 radical (unpaired) electrons. The number of carbonyl (C=O) groups excluding carboxylic acids is 1. The Kier molecular flexibility index (Phi) is 3.89. The van der Waals surface area contributed by atoms with Gasteiger partial charge in [0, 0.05) is 49.1 Å². The molecule has 3 aromatic rings. The molecule has 1 fully saturated rings. The molecule has 0 saturated carbocycles. The van der Waals surface area contributed by atoms with Crippen molar-refractivity contribution in [3.05, 3.63) is 30.5 Å². The first-order valence-corrected chi connectivity index (χ1v) is 8.36. The minimum atomic E-state index is -0.634. The fourth-order valence-electron chi connectivity index (χ4n) is 3.41. The predicted octanol–water partition coefficient (Wildman–Crippen LogP) is 1.31. The van der Waals surface area contributed by atoms with Gasteiger partial charge in [-0.1, -0.05) is 6.92 Å². The molecule has 4 rings (SSSR count). The van der Waals surface area contributed by atoms with Crippen LogP contribution in [-0.2, 0) is 0 Å². The molecule has 1 saturated heterocycles. The molecule has 1 atom stereocenters. The Morgan fingerprint density at radius 2 is 2.27 bits per heavy atom. The lowest BCUT2D eigenvalue weighted by molar-refractivity contribution is 0.128. The number of H-pyrrole nitrogens is 1. The number of carbonyl (C=O) groups is 1. The number of rotatable bonds is 4. The maximum absolute atomic E-state index is 11.6. The van der Waals surface area contributed by atoms with Crippen molar-refractivity contribution in [3.8, 4) is 17.2 Å². The lowest BCUT2D eigenvalue weighted by Crippen LogP contribution is -2.47. The second kappa shape index (κ2) is 6.24. The molecule has 1 unspecified atom stereocenters. The van der Waals surface area contributed by atoms with Crippen molar-refractivity contribution in [1.29, 1.82) is 5.26 Å². The van der Waals surface area contributed by atoms with Crippen LogP contribution in [-0.4, -0.2) is 55.3 Å². The number of nitrogens with zero attached hydrogens (tertiary/aromatic N) is 6. The van der Waals surface area contributed by atoms with Gasteiger partial charge in [-0.05, 0) is 6.07 Å². The zero-order chi connectivity index (χ0) is 18.3. The number of fused-ring (bicyclic) bond motifs is 1. The van der Waals surface area contributed by atoms with Gasteiger partial charge in [0.05, 0.1) is 24.0 Å². The lowest BCUT2D eigenvalue weighted by Gasteiger charge is -2.36. The molecule has 3 aromatic heterocycles. The van der Waals surface area contributed by atoms with Gasteiger partial charge in [-0.2, -0.15) is 15.0 Å². The summed E-state index contributed by atoms with van der Waals surface area (Å²) in [6.45, 7) is 4.35. The lowest BCUT2D eigenvalue weighted by atomic mass is 9.95. The third kappa shape index (κ3) is 2.70. The number of primary amides is 1. The summed E-state index contributed by atoms with van der Waals surface area (Å²) in [6.07, 6.45) is 4.93. The number of likely N-dealkylation sites (tertiary alicyclic amines) is 1. The molecular weight excluding hydrogens is 332 g/mol. The smallest absolute Gasteiger partial charge is 0.339 e. The standard InChI is InChI=1S/C17H18N8O/c1-10(5-24-6-11(4-18)7-24)14-13(8-25(23-14)17(19)26)12-2-3-20-16-15(12)21-9-22-16/h2-3,8-11H,5-7H2,1H3,(H2,19,26)(H,20,21,22). The summed E-state index contributed by atoms with van der Waals surface area (Å²) in [7, 11) is 0. The molecule has 3 N–H and O–H groups in total. The highest BCUT2D eigenvalue weighted by molar-refractivity contribution is 5.90. The van der Waals surface area contributed by atoms with Gasteiger partial charge in [-0.3, -0.25) is 4.90 Å². The number of pyridine rings is 1. The number of hydrogen-bond donors (Lipinski definition) is 2. The van der Waals surface area contributed by atoms with Gasteiger partial charge in [0.15, 0.2) is 5.65 Å². The van der Waals surface area contributed by atoms with Gasteiger partial charge < -0.3 is 10.7 Å². The van der Waals surface area contributed by atoms with Crippen LogP contribution in [0, 0.1) is 17.2 Å². The SMILES string of the molecule is CC(CN1CC(C#N)C1)c1nn(C(N)=O)cc1-c1ccnc2[nH]cnc12. The topological polar surface area (TPSA) is 130 Å². The van der Waals surface area contributed by atoms with E-state index in [1.807, 2.05) is 6.07 Å². The third-order valence-corrected chi connectivity index (χ3v) is 4.72. The fraction of sp³-hybridized carbons (Fsp3) is 0.353. The first-order chi connectivity index (χ1) is 12.6. The monoisotopic (exact) mass is 350 g/mol. The van der Waals surface area contributed by atoms with Crippen molar-refractivity contribution in [1.82, 2.24) is 29.6 Å². The minimum absolute atomic E-state index is 0.0624. The molecule has 4 heterocycles. The second-order valence-corrected chi connectivity index (χ2v) is 6.61. The van der Waals surface area contributed by atoms with E-state index in [0.29, 0.717) is 5.65 Å². The molecule has 0 spiro atoms. The van der Waals surface area contributed by atoms with E-state index in [-0.39, 0.29) is 11.8 Å². The van der Waals surface area contributed by atoms with Crippen molar-refractivity contribution >= 4 is 17.2 Å². The molecule has 9 heteroatoms. The van der Waals surface area contributed by atoms with Crippen LogP contribution in [0.5, 0.6) is 0 Å². The Hall–Kier alpha value is -3.25. The summed E-state index contributed by atoms with van der Waals surface area (Å²) in [5, 5.41) is 13.4. The number of nitriles is 1. The largest absolute Gasteiger partial charge is 0.350 e. The van der Waals surface area contributed by atoms with Gasteiger partial charge >= 0.3 is 6.03 Å². The number of nitrogens with one attached hydrogen (secondary N) is 1. The highest BCUT2D eigenvalue weighted by Crippen LogP contribution is 2.33. The van der Waals surface area contributed by atoms with Crippen molar-refractivity contribution < 1.29 is 4.79 Å². The first kappa shape index (κ1) is 16.2. The molecule has 132 valence electrons. The Labute approximate surface area is 149 Å². The third-order valence-electron chi connectivity index (χ3n) is 4.72. The van der Waals surface area contributed by atoms with Crippen LogP contribution in [0.25, 0.3) is 22.3 Å². The van der Waals surface area contributed by atoms with Crippen LogP contribution in [0.3, 0.4) is 0 Å². The van der Waals surface area contributed by atoms with Gasteiger partial charge in [0.2, 0.25) is 0 Å². The van der Waals surface area contributed by atoms with Crippen LogP contribution in [0.1, 0.15) is 18.5 Å². The summed E-state index contributed by atoms with van der Waals surface area (Å²) < 4.78 is 1.16. The molecule has 26 heavy (non-hydrogen) atoms. The van der Waals surface area contributed by atoms with E-state index in [1.165, 1.54) is 0 Å². The summed E-state index contributed by atoms with van der Waals surface area (Å²) in [4.78, 5) is 25.4. The zero-order valence-electron chi connectivity index (χ0n) is 14.3. The van der Waals surface area contributed by atoms with Crippen molar-refractivity contribution in [2.75, 3.05) is 19.6 Å². The van der Waals surface area contributed by atoms with E-state index in [4.69, 9.17) is 11.0 Å². The second-order valence-electron chi connectivity index (χ2n) is 6.61. The average molecular weight is 350 g/mol. The number of hydrogen-bond acceptors (Lipinski definition) is 6. The molecule has 1 amide bonds. The van der Waals surface area contributed by atoms with Crippen LogP contribution in [0.15, 0.2) is 24.8 Å². The normalized spacial score (nSPS) is 16.3. The number of aromatic nitrogens is 5. The van der Waals surface area contributed by atoms with Crippen molar-refractivity contribution in [2.24, 2.45) is 11.7 Å². The summed E-state index contributed by atoms with van der Waals surface area (Å²) in [6, 6.07) is 3.50. The number of aromatic amines is 1. The van der Waals surface area contributed by atoms with Crippen LogP contribution < -0.4 is 5.73 Å². The maximum atomic E-state index is 11.6. The fourth-order valence-corrected chi connectivity index (χ4v) is 3.41. The highest BCUT2D eigenvalue weighted by Gasteiger charge is 2.29. The van der Waals surface area contributed by atoms with Gasteiger partial charge in [0.1, 0.15) is 5.52 Å². The van der Waals surface area contributed by atoms with E-state index < -0.39 is 6.03 Å². The van der Waals surface area contributed by atoms with Gasteiger partial charge in [-0.15, -0.1) is 0 Å². The number of amides is 1. The molecule has 0 bridgehead atoms. The van der Waals surface area contributed by atoms with E-state index in [1.54, 1.807) is 18.7 Å². The Morgan fingerprint density at radius 3 is 3.00 bits per heavy atom.